The molecule has 0 aliphatic carbocycles. The number of hydrogen-bond acceptors (Lipinski definition) is 5. The van der Waals surface area contributed by atoms with E-state index in [9.17, 15) is 0 Å². The number of ether oxygens (including phenoxy) is 3. The number of methoxy groups -OCH3 is 3. The lowest BCUT2D eigenvalue weighted by atomic mass is 10.1. The first-order valence-electron chi connectivity index (χ1n) is 10.8. The van der Waals surface area contributed by atoms with Crippen molar-refractivity contribution in [2.45, 2.75) is 19.9 Å². The number of aromatic nitrogens is 1. The predicted octanol–water partition coefficient (Wildman–Crippen LogP) is 6.03. The normalized spacial score (nSPS) is 11.5. The summed E-state index contributed by atoms with van der Waals surface area (Å²) in [6, 6.07) is 22.4. The Morgan fingerprint density at radius 3 is 2.36 bits per heavy atom. The van der Waals surface area contributed by atoms with Crippen molar-refractivity contribution in [1.29, 1.82) is 0 Å². The molecular weight excluding hydrogens is 432 g/mol. The van der Waals surface area contributed by atoms with Crippen LogP contribution in [0.1, 0.15) is 11.1 Å². The molecular formula is C27H28N2O3S. The molecule has 33 heavy (non-hydrogen) atoms. The number of nitrogens with zero attached hydrogens (tertiary/aromatic N) is 2. The molecule has 0 amide bonds. The van der Waals surface area contributed by atoms with Crippen LogP contribution in [0.15, 0.2) is 77.1 Å². The third-order valence-corrected chi connectivity index (χ3v) is 6.34. The van der Waals surface area contributed by atoms with E-state index in [2.05, 4.69) is 41.1 Å². The lowest BCUT2D eigenvalue weighted by Gasteiger charge is -2.13. The molecule has 1 heterocycles. The van der Waals surface area contributed by atoms with Gasteiger partial charge in [0, 0.05) is 17.5 Å². The van der Waals surface area contributed by atoms with E-state index in [0.717, 1.165) is 52.0 Å². The van der Waals surface area contributed by atoms with E-state index in [1.54, 1.807) is 32.7 Å². The second-order valence-corrected chi connectivity index (χ2v) is 8.48. The minimum atomic E-state index is 0.731. The number of hydrogen-bond donors (Lipinski definition) is 0. The molecule has 4 aromatic rings. The van der Waals surface area contributed by atoms with Crippen molar-refractivity contribution in [3.63, 3.8) is 0 Å². The summed E-state index contributed by atoms with van der Waals surface area (Å²) >= 11 is 1.64. The molecule has 0 aliphatic heterocycles. The van der Waals surface area contributed by atoms with E-state index in [4.69, 9.17) is 19.2 Å². The molecule has 170 valence electrons. The van der Waals surface area contributed by atoms with Crippen LogP contribution >= 0.6 is 11.3 Å². The standard InChI is InChI=1S/C27H28N2O3S/c1-19-8-7-9-21(16-19)28-27-29(15-14-20-12-13-25(31-3)26(17-20)32-4)23(18-33-27)22-10-5-6-11-24(22)30-2/h5-13,16-18H,14-15H2,1-4H3. The zero-order valence-corrected chi connectivity index (χ0v) is 20.2. The highest BCUT2D eigenvalue weighted by Crippen LogP contribution is 2.31. The summed E-state index contributed by atoms with van der Waals surface area (Å²) in [5.74, 6) is 2.31. The lowest BCUT2D eigenvalue weighted by Crippen LogP contribution is -2.17. The summed E-state index contributed by atoms with van der Waals surface area (Å²) < 4.78 is 18.8. The van der Waals surface area contributed by atoms with Gasteiger partial charge in [0.1, 0.15) is 5.75 Å². The van der Waals surface area contributed by atoms with Gasteiger partial charge in [-0.2, -0.15) is 0 Å². The Morgan fingerprint density at radius 1 is 0.818 bits per heavy atom. The van der Waals surface area contributed by atoms with Gasteiger partial charge in [-0.25, -0.2) is 4.99 Å². The molecule has 3 aromatic carbocycles. The third kappa shape index (κ3) is 5.12. The fourth-order valence-electron chi connectivity index (χ4n) is 3.79. The van der Waals surface area contributed by atoms with E-state index in [0.29, 0.717) is 0 Å². The number of thiazole rings is 1. The van der Waals surface area contributed by atoms with Gasteiger partial charge in [-0.15, -0.1) is 11.3 Å². The minimum Gasteiger partial charge on any atom is -0.496 e. The van der Waals surface area contributed by atoms with Gasteiger partial charge < -0.3 is 18.8 Å². The van der Waals surface area contributed by atoms with E-state index >= 15 is 0 Å². The van der Waals surface area contributed by atoms with E-state index < -0.39 is 0 Å². The van der Waals surface area contributed by atoms with Crippen LogP contribution in [0.2, 0.25) is 0 Å². The number of benzene rings is 3. The van der Waals surface area contributed by atoms with Crippen molar-refractivity contribution in [3.05, 3.63) is 88.0 Å². The van der Waals surface area contributed by atoms with Crippen LogP contribution in [0, 0.1) is 6.92 Å². The van der Waals surface area contributed by atoms with Gasteiger partial charge in [0.2, 0.25) is 0 Å². The first-order chi connectivity index (χ1) is 16.1. The maximum atomic E-state index is 5.65. The fourth-order valence-corrected chi connectivity index (χ4v) is 4.74. The topological polar surface area (TPSA) is 45.0 Å². The first-order valence-corrected chi connectivity index (χ1v) is 11.6. The number of rotatable bonds is 8. The maximum absolute atomic E-state index is 5.65. The van der Waals surface area contributed by atoms with E-state index in [-0.39, 0.29) is 0 Å². The number of para-hydroxylation sites is 1. The minimum absolute atomic E-state index is 0.731. The average Bonchev–Trinajstić information content (AvgIpc) is 3.24. The molecule has 0 radical (unpaired) electrons. The van der Waals surface area contributed by atoms with Crippen molar-refractivity contribution in [1.82, 2.24) is 4.57 Å². The van der Waals surface area contributed by atoms with E-state index in [1.807, 2.05) is 42.5 Å². The van der Waals surface area contributed by atoms with Crippen LogP contribution in [0.3, 0.4) is 0 Å². The summed E-state index contributed by atoms with van der Waals surface area (Å²) in [7, 11) is 5.02. The van der Waals surface area contributed by atoms with Crippen molar-refractivity contribution in [2.75, 3.05) is 21.3 Å². The summed E-state index contributed by atoms with van der Waals surface area (Å²) in [4.78, 5) is 5.92. The predicted molar refractivity (Wildman–Crippen MR) is 134 cm³/mol. The molecule has 0 fully saturated rings. The summed E-state index contributed by atoms with van der Waals surface area (Å²) in [5.41, 5.74) is 5.44. The monoisotopic (exact) mass is 460 g/mol. The first kappa shape index (κ1) is 22.7. The maximum Gasteiger partial charge on any atom is 0.190 e. The molecule has 1 aromatic heterocycles. The number of aryl methyl sites for hydroxylation is 2. The van der Waals surface area contributed by atoms with Crippen molar-refractivity contribution >= 4 is 17.0 Å². The van der Waals surface area contributed by atoms with Gasteiger partial charge >= 0.3 is 0 Å². The SMILES string of the molecule is COc1ccc(CCn2c(-c3ccccc3OC)csc2=Nc2cccc(C)c2)cc1OC. The average molecular weight is 461 g/mol. The van der Waals surface area contributed by atoms with Gasteiger partial charge in [-0.3, -0.25) is 0 Å². The van der Waals surface area contributed by atoms with Crippen LogP contribution in [0.5, 0.6) is 17.2 Å². The Hall–Kier alpha value is -3.51. The molecule has 0 aliphatic rings. The van der Waals surface area contributed by atoms with Crippen LogP contribution in [0.4, 0.5) is 5.69 Å². The Labute approximate surface area is 198 Å². The Morgan fingerprint density at radius 2 is 1.61 bits per heavy atom. The van der Waals surface area contributed by atoms with Crippen molar-refractivity contribution in [3.8, 4) is 28.5 Å². The molecule has 0 unspecified atom stereocenters. The summed E-state index contributed by atoms with van der Waals surface area (Å²) in [5, 5.41) is 2.15. The van der Waals surface area contributed by atoms with Gasteiger partial charge in [-0.1, -0.05) is 30.3 Å². The summed E-state index contributed by atoms with van der Waals surface area (Å²) in [6.07, 6.45) is 0.820. The van der Waals surface area contributed by atoms with Gasteiger partial charge in [-0.05, 0) is 60.9 Å². The van der Waals surface area contributed by atoms with Gasteiger partial charge in [0.15, 0.2) is 16.3 Å². The highest BCUT2D eigenvalue weighted by Gasteiger charge is 2.13. The molecule has 0 atom stereocenters. The molecule has 0 N–H and O–H groups in total. The molecule has 0 spiro atoms. The Balaban J connectivity index is 1.76. The Kier molecular flexibility index (Phi) is 7.15. The molecule has 0 bridgehead atoms. The zero-order valence-electron chi connectivity index (χ0n) is 19.4. The largest absolute Gasteiger partial charge is 0.496 e. The molecule has 5 nitrogen and oxygen atoms in total. The summed E-state index contributed by atoms with van der Waals surface area (Å²) in [6.45, 7) is 2.84. The van der Waals surface area contributed by atoms with Crippen molar-refractivity contribution in [2.24, 2.45) is 4.99 Å². The second kappa shape index (κ2) is 10.4. The Bertz CT molecular complexity index is 1310. The third-order valence-electron chi connectivity index (χ3n) is 5.48. The molecule has 0 saturated heterocycles. The van der Waals surface area contributed by atoms with Gasteiger partial charge in [0.25, 0.3) is 0 Å². The van der Waals surface area contributed by atoms with Crippen LogP contribution in [-0.4, -0.2) is 25.9 Å². The molecule has 4 rings (SSSR count). The second-order valence-electron chi connectivity index (χ2n) is 7.65. The van der Waals surface area contributed by atoms with E-state index in [1.165, 1.54) is 11.1 Å². The highest BCUT2D eigenvalue weighted by molar-refractivity contribution is 7.07. The zero-order chi connectivity index (χ0) is 23.2. The highest BCUT2D eigenvalue weighted by atomic mass is 32.1. The van der Waals surface area contributed by atoms with Gasteiger partial charge in [0.05, 0.1) is 32.7 Å². The lowest BCUT2D eigenvalue weighted by molar-refractivity contribution is 0.354. The van der Waals surface area contributed by atoms with Crippen LogP contribution in [0.25, 0.3) is 11.3 Å². The molecule has 6 heteroatoms. The van der Waals surface area contributed by atoms with Crippen molar-refractivity contribution < 1.29 is 14.2 Å². The quantitative estimate of drug-likeness (QED) is 0.323. The van der Waals surface area contributed by atoms with Crippen LogP contribution in [-0.2, 0) is 13.0 Å². The van der Waals surface area contributed by atoms with Crippen LogP contribution < -0.4 is 19.0 Å². The molecule has 0 saturated carbocycles. The fraction of sp³-hybridized carbons (Fsp3) is 0.222. The smallest absolute Gasteiger partial charge is 0.190 e.